The maximum Gasteiger partial charge on any atom is 0.322 e. The molecule has 1 unspecified atom stereocenters. The molecule has 0 saturated carbocycles. The summed E-state index contributed by atoms with van der Waals surface area (Å²) in [5, 5.41) is 3.07. The predicted molar refractivity (Wildman–Crippen MR) is 104 cm³/mol. The normalized spacial score (nSPS) is 16.1. The van der Waals surface area contributed by atoms with Crippen LogP contribution in [0.2, 0.25) is 0 Å². The molecule has 1 aliphatic heterocycles. The molecule has 2 amide bonds. The Morgan fingerprint density at radius 1 is 1.04 bits per heavy atom. The molecule has 4 rings (SSSR count). The van der Waals surface area contributed by atoms with E-state index >= 15 is 0 Å². The molecule has 138 valence electrons. The van der Waals surface area contributed by atoms with Crippen molar-refractivity contribution in [3.63, 3.8) is 0 Å². The molecule has 3 aromatic rings. The second-order valence-electron chi connectivity index (χ2n) is 6.97. The van der Waals surface area contributed by atoms with Crippen molar-refractivity contribution in [3.8, 4) is 0 Å². The summed E-state index contributed by atoms with van der Waals surface area (Å²) in [6, 6.07) is 15.9. The Bertz CT molecular complexity index is 974. The van der Waals surface area contributed by atoms with Crippen LogP contribution in [0.4, 0.5) is 14.9 Å². The average Bonchev–Trinajstić information content (AvgIpc) is 3.12. The molecule has 0 saturated heterocycles. The zero-order chi connectivity index (χ0) is 19.0. The van der Waals surface area contributed by atoms with Gasteiger partial charge >= 0.3 is 6.03 Å². The van der Waals surface area contributed by atoms with E-state index in [2.05, 4.69) is 9.88 Å². The number of carbonyl (C=O) groups excluding carboxylic acids is 1. The molecule has 1 N–H and O–H groups in total. The number of nitrogens with zero attached hydrogens (tertiary/aromatic N) is 2. The van der Waals surface area contributed by atoms with Crippen molar-refractivity contribution in [1.29, 1.82) is 0 Å². The number of halogens is 1. The molecule has 0 aliphatic carbocycles. The first-order valence-electron chi connectivity index (χ1n) is 9.09. The van der Waals surface area contributed by atoms with Gasteiger partial charge in [-0.2, -0.15) is 0 Å². The van der Waals surface area contributed by atoms with E-state index in [1.165, 1.54) is 12.1 Å². The standard InChI is InChI=1S/C22H22FN3O/c1-15-6-3-7-16(2)20(15)24-22(27)26-13-12-25-11-5-10-19(25)21(26)17-8-4-9-18(23)14-17/h3-11,14,21H,12-13H2,1-2H3,(H,24,27). The Hall–Kier alpha value is -3.08. The Morgan fingerprint density at radius 3 is 2.52 bits per heavy atom. The Labute approximate surface area is 158 Å². The minimum atomic E-state index is -0.325. The highest BCUT2D eigenvalue weighted by atomic mass is 19.1. The average molecular weight is 363 g/mol. The molecule has 0 fully saturated rings. The van der Waals surface area contributed by atoms with Crippen molar-refractivity contribution in [2.24, 2.45) is 0 Å². The van der Waals surface area contributed by atoms with E-state index in [1.807, 2.05) is 56.4 Å². The highest BCUT2D eigenvalue weighted by Gasteiger charge is 2.32. The zero-order valence-corrected chi connectivity index (χ0v) is 15.4. The molecule has 0 radical (unpaired) electrons. The van der Waals surface area contributed by atoms with Crippen LogP contribution in [-0.4, -0.2) is 22.0 Å². The lowest BCUT2D eigenvalue weighted by Gasteiger charge is -2.37. The molecule has 1 atom stereocenters. The first-order valence-corrected chi connectivity index (χ1v) is 9.09. The Kier molecular flexibility index (Phi) is 4.44. The number of hydrogen-bond acceptors (Lipinski definition) is 1. The van der Waals surface area contributed by atoms with E-state index < -0.39 is 0 Å². The van der Waals surface area contributed by atoms with Crippen LogP contribution in [-0.2, 0) is 6.54 Å². The fourth-order valence-corrected chi connectivity index (χ4v) is 3.82. The molecule has 0 spiro atoms. The van der Waals surface area contributed by atoms with Gasteiger partial charge in [-0.3, -0.25) is 0 Å². The van der Waals surface area contributed by atoms with Crippen LogP contribution in [0.25, 0.3) is 0 Å². The number of aromatic nitrogens is 1. The Balaban J connectivity index is 1.71. The maximum absolute atomic E-state index is 13.9. The van der Waals surface area contributed by atoms with Gasteiger partial charge in [0.2, 0.25) is 0 Å². The third-order valence-electron chi connectivity index (χ3n) is 5.18. The van der Waals surface area contributed by atoms with Gasteiger partial charge in [-0.15, -0.1) is 0 Å². The molecular formula is C22H22FN3O. The van der Waals surface area contributed by atoms with Gasteiger partial charge in [-0.1, -0.05) is 30.3 Å². The van der Waals surface area contributed by atoms with Crippen LogP contribution in [0.15, 0.2) is 60.8 Å². The maximum atomic E-state index is 13.9. The molecule has 1 aliphatic rings. The number of rotatable bonds is 2. The highest BCUT2D eigenvalue weighted by molar-refractivity contribution is 5.91. The quantitative estimate of drug-likeness (QED) is 0.692. The van der Waals surface area contributed by atoms with E-state index in [4.69, 9.17) is 0 Å². The molecule has 4 nitrogen and oxygen atoms in total. The molecule has 2 aromatic carbocycles. The first kappa shape index (κ1) is 17.3. The van der Waals surface area contributed by atoms with Crippen molar-refractivity contribution in [3.05, 3.63) is 89.0 Å². The fraction of sp³-hybridized carbons (Fsp3) is 0.227. The van der Waals surface area contributed by atoms with Crippen molar-refractivity contribution < 1.29 is 9.18 Å². The summed E-state index contributed by atoms with van der Waals surface area (Å²) >= 11 is 0. The van der Waals surface area contributed by atoms with Gasteiger partial charge < -0.3 is 14.8 Å². The fourth-order valence-electron chi connectivity index (χ4n) is 3.82. The SMILES string of the molecule is Cc1cccc(C)c1NC(=O)N1CCn2cccc2C1c1cccc(F)c1. The largest absolute Gasteiger partial charge is 0.348 e. The predicted octanol–water partition coefficient (Wildman–Crippen LogP) is 4.88. The summed E-state index contributed by atoms with van der Waals surface area (Å²) in [6.45, 7) is 5.23. The van der Waals surface area contributed by atoms with Crippen LogP contribution in [0.5, 0.6) is 0 Å². The van der Waals surface area contributed by atoms with Crippen LogP contribution in [0.1, 0.15) is 28.4 Å². The molecule has 0 bridgehead atoms. The van der Waals surface area contributed by atoms with Gasteiger partial charge in [0, 0.05) is 30.7 Å². The number of benzene rings is 2. The number of amides is 2. The van der Waals surface area contributed by atoms with Crippen LogP contribution in [0.3, 0.4) is 0 Å². The third-order valence-corrected chi connectivity index (χ3v) is 5.18. The minimum absolute atomic E-state index is 0.172. The highest BCUT2D eigenvalue weighted by Crippen LogP contribution is 2.33. The van der Waals surface area contributed by atoms with Gasteiger partial charge in [0.1, 0.15) is 5.82 Å². The van der Waals surface area contributed by atoms with E-state index in [0.717, 1.165) is 28.1 Å². The van der Waals surface area contributed by atoms with Crippen LogP contribution >= 0.6 is 0 Å². The first-order chi connectivity index (χ1) is 13.0. The lowest BCUT2D eigenvalue weighted by molar-refractivity contribution is 0.181. The number of urea groups is 1. The zero-order valence-electron chi connectivity index (χ0n) is 15.4. The lowest BCUT2D eigenvalue weighted by Crippen LogP contribution is -2.44. The summed E-state index contributed by atoms with van der Waals surface area (Å²) in [5.41, 5.74) is 4.63. The number of carbonyl (C=O) groups is 1. The van der Waals surface area contributed by atoms with Crippen LogP contribution in [0, 0.1) is 19.7 Å². The summed E-state index contributed by atoms with van der Waals surface area (Å²) in [5.74, 6) is -0.300. The Morgan fingerprint density at radius 2 is 1.78 bits per heavy atom. The van der Waals surface area contributed by atoms with Gasteiger partial charge in [0.15, 0.2) is 0 Å². The third kappa shape index (κ3) is 3.21. The molecule has 2 heterocycles. The van der Waals surface area contributed by atoms with Crippen molar-refractivity contribution in [2.45, 2.75) is 26.4 Å². The topological polar surface area (TPSA) is 37.3 Å². The van der Waals surface area contributed by atoms with E-state index in [1.54, 1.807) is 11.0 Å². The molecular weight excluding hydrogens is 341 g/mol. The number of aryl methyl sites for hydroxylation is 2. The number of nitrogens with one attached hydrogen (secondary N) is 1. The summed E-state index contributed by atoms with van der Waals surface area (Å²) in [4.78, 5) is 15.0. The monoisotopic (exact) mass is 363 g/mol. The summed E-state index contributed by atoms with van der Waals surface area (Å²) in [6.07, 6.45) is 2.00. The van der Waals surface area contributed by atoms with Gasteiger partial charge in [0.05, 0.1) is 6.04 Å². The van der Waals surface area contributed by atoms with Crippen LogP contribution < -0.4 is 5.32 Å². The summed E-state index contributed by atoms with van der Waals surface area (Å²) in [7, 11) is 0. The van der Waals surface area contributed by atoms with Crippen molar-refractivity contribution in [2.75, 3.05) is 11.9 Å². The minimum Gasteiger partial charge on any atom is -0.348 e. The second-order valence-corrected chi connectivity index (χ2v) is 6.97. The number of para-hydroxylation sites is 1. The number of anilines is 1. The van der Waals surface area contributed by atoms with Crippen molar-refractivity contribution in [1.82, 2.24) is 9.47 Å². The molecule has 27 heavy (non-hydrogen) atoms. The molecule has 5 heteroatoms. The number of fused-ring (bicyclic) bond motifs is 1. The smallest absolute Gasteiger partial charge is 0.322 e. The molecule has 1 aromatic heterocycles. The van der Waals surface area contributed by atoms with Crippen molar-refractivity contribution >= 4 is 11.7 Å². The lowest BCUT2D eigenvalue weighted by atomic mass is 10.00. The summed E-state index contributed by atoms with van der Waals surface area (Å²) < 4.78 is 16.0. The number of hydrogen-bond donors (Lipinski definition) is 1. The van der Waals surface area contributed by atoms with E-state index in [9.17, 15) is 9.18 Å². The van der Waals surface area contributed by atoms with E-state index in [-0.39, 0.29) is 17.9 Å². The van der Waals surface area contributed by atoms with E-state index in [0.29, 0.717) is 13.1 Å². The van der Waals surface area contributed by atoms with Gasteiger partial charge in [-0.05, 0) is 54.8 Å². The van der Waals surface area contributed by atoms with Gasteiger partial charge in [-0.25, -0.2) is 9.18 Å². The second kappa shape index (κ2) is 6.91. The van der Waals surface area contributed by atoms with Gasteiger partial charge in [0.25, 0.3) is 0 Å².